The van der Waals surface area contributed by atoms with Crippen LogP contribution >= 0.6 is 0 Å². The maximum absolute atomic E-state index is 13.0. The summed E-state index contributed by atoms with van der Waals surface area (Å²) in [6.45, 7) is 9.58. The molecule has 0 saturated carbocycles. The van der Waals surface area contributed by atoms with Gasteiger partial charge in [0.15, 0.2) is 11.5 Å². The first kappa shape index (κ1) is 27.5. The van der Waals surface area contributed by atoms with E-state index in [0.717, 1.165) is 90.3 Å². The van der Waals surface area contributed by atoms with Crippen molar-refractivity contribution in [3.05, 3.63) is 65.2 Å². The molecule has 2 N–H and O–H groups in total. The van der Waals surface area contributed by atoms with Gasteiger partial charge in [-0.25, -0.2) is 9.97 Å². The minimum Gasteiger partial charge on any atom is -0.381 e. The van der Waals surface area contributed by atoms with Gasteiger partial charge in [0.2, 0.25) is 0 Å². The molecule has 7 rings (SSSR count). The van der Waals surface area contributed by atoms with Crippen molar-refractivity contribution in [2.75, 3.05) is 13.2 Å². The van der Waals surface area contributed by atoms with Crippen molar-refractivity contribution in [3.8, 4) is 22.5 Å². The van der Waals surface area contributed by atoms with Crippen molar-refractivity contribution >= 4 is 17.1 Å². The van der Waals surface area contributed by atoms with E-state index in [-0.39, 0.29) is 23.3 Å². The minimum atomic E-state index is -0.347. The Morgan fingerprint density at radius 3 is 2.72 bits per heavy atom. The van der Waals surface area contributed by atoms with Crippen molar-refractivity contribution in [3.63, 3.8) is 0 Å². The van der Waals surface area contributed by atoms with Crippen LogP contribution in [0.5, 0.6) is 0 Å². The summed E-state index contributed by atoms with van der Waals surface area (Å²) in [6, 6.07) is 8.67. The smallest absolute Gasteiger partial charge is 0.315 e. The minimum absolute atomic E-state index is 0.00396. The molecule has 0 bridgehead atoms. The molecular weight excluding hydrogens is 544 g/mol. The van der Waals surface area contributed by atoms with Crippen LogP contribution in [0, 0.1) is 6.92 Å². The number of benzene rings is 1. The number of aromatic nitrogens is 7. The predicted octanol–water partition coefficient (Wildman–Crippen LogP) is 5.64. The second-order valence-corrected chi connectivity index (χ2v) is 12.6. The van der Waals surface area contributed by atoms with Crippen LogP contribution in [0.2, 0.25) is 0 Å². The second-order valence-electron chi connectivity index (χ2n) is 12.6. The number of rotatable bonds is 5. The molecule has 222 valence electrons. The Bertz CT molecular complexity index is 1800. The number of imidazole rings is 1. The van der Waals surface area contributed by atoms with Crippen LogP contribution in [0.1, 0.15) is 91.9 Å². The number of hydrogen-bond donors (Lipinski definition) is 2. The zero-order valence-electron chi connectivity index (χ0n) is 25.0. The summed E-state index contributed by atoms with van der Waals surface area (Å²) in [7, 11) is 0. The number of ether oxygens (including phenoxy) is 1. The van der Waals surface area contributed by atoms with Gasteiger partial charge in [-0.2, -0.15) is 10.1 Å². The standard InChI is InChI=1S/C32H36N8O3/c1-18-24(17-34-40(18)21-11-14-42-15-12-21)27-36-26-23(10-13-33-28(26)37-27)20-8-9-22-19(16-20)6-5-7-25(22)35-29(41)30-38-31(39-43-30)32(2,3)4/h8-10,13,16-17,21,25H,5-7,11-12,14-15H2,1-4H3,(H,35,41)(H,33,36,37)/t25-/m1/s1. The number of aryl methyl sites for hydroxylation is 1. The lowest BCUT2D eigenvalue weighted by atomic mass is 9.85. The number of amides is 1. The van der Waals surface area contributed by atoms with Gasteiger partial charge in [0.1, 0.15) is 11.3 Å². The molecule has 5 aromatic rings. The molecule has 11 nitrogen and oxygen atoms in total. The summed E-state index contributed by atoms with van der Waals surface area (Å²) in [6.07, 6.45) is 8.39. The molecule has 5 heterocycles. The van der Waals surface area contributed by atoms with Crippen LogP contribution in [0.15, 0.2) is 41.2 Å². The number of nitrogens with one attached hydrogen (secondary N) is 2. The molecule has 1 atom stereocenters. The third kappa shape index (κ3) is 5.11. The van der Waals surface area contributed by atoms with E-state index in [4.69, 9.17) is 19.3 Å². The van der Waals surface area contributed by atoms with Gasteiger partial charge < -0.3 is 19.6 Å². The molecule has 11 heteroatoms. The fourth-order valence-corrected chi connectivity index (χ4v) is 6.20. The average Bonchev–Trinajstić information content (AvgIpc) is 3.75. The number of H-pyrrole nitrogens is 1. The van der Waals surface area contributed by atoms with Gasteiger partial charge in [0.25, 0.3) is 0 Å². The number of pyridine rings is 1. The molecule has 1 amide bonds. The first-order chi connectivity index (χ1) is 20.8. The third-order valence-corrected chi connectivity index (χ3v) is 8.59. The second kappa shape index (κ2) is 10.7. The average molecular weight is 581 g/mol. The van der Waals surface area contributed by atoms with Crippen LogP contribution < -0.4 is 5.32 Å². The van der Waals surface area contributed by atoms with Crippen molar-refractivity contribution in [2.24, 2.45) is 0 Å². The SMILES string of the molecule is Cc1c(-c2nc3c(-c4ccc5c(c4)CCC[C@H]5NC(=O)c4nc(C(C)(C)C)no4)ccnc3[nH]2)cnn1C1CCOCC1. The quantitative estimate of drug-likeness (QED) is 0.273. The van der Waals surface area contributed by atoms with Gasteiger partial charge in [-0.3, -0.25) is 9.48 Å². The largest absolute Gasteiger partial charge is 0.381 e. The van der Waals surface area contributed by atoms with Crippen molar-refractivity contribution < 1.29 is 14.1 Å². The first-order valence-corrected chi connectivity index (χ1v) is 15.0. The van der Waals surface area contributed by atoms with Gasteiger partial charge in [0.05, 0.1) is 23.8 Å². The monoisotopic (exact) mass is 580 g/mol. The molecule has 4 aromatic heterocycles. The highest BCUT2D eigenvalue weighted by atomic mass is 16.5. The summed E-state index contributed by atoms with van der Waals surface area (Å²) in [4.78, 5) is 30.4. The number of carbonyl (C=O) groups excluding carboxylic acids is 1. The van der Waals surface area contributed by atoms with E-state index in [1.54, 1.807) is 0 Å². The van der Waals surface area contributed by atoms with Gasteiger partial charge >= 0.3 is 11.8 Å². The Kier molecular flexibility index (Phi) is 6.84. The predicted molar refractivity (Wildman–Crippen MR) is 161 cm³/mol. The maximum Gasteiger partial charge on any atom is 0.315 e. The number of nitrogens with zero attached hydrogens (tertiary/aromatic N) is 6. The summed E-state index contributed by atoms with van der Waals surface area (Å²) in [5.74, 6) is 0.929. The molecule has 1 saturated heterocycles. The summed E-state index contributed by atoms with van der Waals surface area (Å²) in [5, 5.41) is 11.8. The van der Waals surface area contributed by atoms with Gasteiger partial charge in [0, 0.05) is 36.1 Å². The van der Waals surface area contributed by atoms with Crippen LogP contribution in [0.3, 0.4) is 0 Å². The Morgan fingerprint density at radius 1 is 1.09 bits per heavy atom. The zero-order valence-corrected chi connectivity index (χ0v) is 25.0. The maximum atomic E-state index is 13.0. The Balaban J connectivity index is 1.16. The van der Waals surface area contributed by atoms with E-state index in [1.165, 1.54) is 5.56 Å². The zero-order chi connectivity index (χ0) is 29.7. The number of aromatic amines is 1. The molecule has 2 aliphatic rings. The Labute approximate surface area is 249 Å². The van der Waals surface area contributed by atoms with Gasteiger partial charge in [-0.1, -0.05) is 44.1 Å². The first-order valence-electron chi connectivity index (χ1n) is 15.0. The lowest BCUT2D eigenvalue weighted by molar-refractivity contribution is 0.0657. The van der Waals surface area contributed by atoms with Gasteiger partial charge in [-0.15, -0.1) is 0 Å². The number of carbonyl (C=O) groups is 1. The molecule has 1 fully saturated rings. The normalized spacial score (nSPS) is 17.7. The van der Waals surface area contributed by atoms with E-state index >= 15 is 0 Å². The summed E-state index contributed by atoms with van der Waals surface area (Å²) in [5.41, 5.74) is 7.74. The fraction of sp³-hybridized carbons (Fsp3) is 0.438. The highest BCUT2D eigenvalue weighted by Crippen LogP contribution is 2.36. The summed E-state index contributed by atoms with van der Waals surface area (Å²) >= 11 is 0. The van der Waals surface area contributed by atoms with Crippen LogP contribution in [0.25, 0.3) is 33.7 Å². The summed E-state index contributed by atoms with van der Waals surface area (Å²) < 4.78 is 12.9. The molecule has 0 unspecified atom stereocenters. The van der Waals surface area contributed by atoms with Crippen LogP contribution in [-0.4, -0.2) is 54.0 Å². The lowest BCUT2D eigenvalue weighted by Crippen LogP contribution is -2.31. The Morgan fingerprint density at radius 2 is 1.93 bits per heavy atom. The molecule has 43 heavy (non-hydrogen) atoms. The topological polar surface area (TPSA) is 137 Å². The van der Waals surface area contributed by atoms with E-state index < -0.39 is 0 Å². The highest BCUT2D eigenvalue weighted by Gasteiger charge is 2.28. The van der Waals surface area contributed by atoms with E-state index in [2.05, 4.69) is 55.2 Å². The molecule has 1 aliphatic heterocycles. The molecule has 1 aromatic carbocycles. The number of fused-ring (bicyclic) bond motifs is 2. The third-order valence-electron chi connectivity index (χ3n) is 8.59. The number of hydrogen-bond acceptors (Lipinski definition) is 8. The van der Waals surface area contributed by atoms with E-state index in [1.807, 2.05) is 39.2 Å². The van der Waals surface area contributed by atoms with E-state index in [9.17, 15) is 4.79 Å². The van der Waals surface area contributed by atoms with Crippen molar-refractivity contribution in [1.29, 1.82) is 0 Å². The van der Waals surface area contributed by atoms with Gasteiger partial charge in [-0.05, 0) is 61.8 Å². The fourth-order valence-electron chi connectivity index (χ4n) is 6.20. The molecule has 0 radical (unpaired) electrons. The molecule has 0 spiro atoms. The Hall–Kier alpha value is -4.38. The van der Waals surface area contributed by atoms with E-state index in [0.29, 0.717) is 11.9 Å². The van der Waals surface area contributed by atoms with Crippen molar-refractivity contribution in [2.45, 2.75) is 77.3 Å². The van der Waals surface area contributed by atoms with Crippen LogP contribution in [-0.2, 0) is 16.6 Å². The van der Waals surface area contributed by atoms with Crippen LogP contribution in [0.4, 0.5) is 0 Å². The lowest BCUT2D eigenvalue weighted by Gasteiger charge is -2.26. The van der Waals surface area contributed by atoms with Crippen molar-refractivity contribution in [1.82, 2.24) is 40.2 Å². The highest BCUT2D eigenvalue weighted by molar-refractivity contribution is 5.92. The molecule has 1 aliphatic carbocycles. The molecular formula is C32H36N8O3.